The van der Waals surface area contributed by atoms with Gasteiger partial charge in [-0.25, -0.2) is 0 Å². The first-order chi connectivity index (χ1) is 6.19. The lowest BCUT2D eigenvalue weighted by molar-refractivity contribution is -0.129. The van der Waals surface area contributed by atoms with Gasteiger partial charge >= 0.3 is 0 Å². The molecule has 0 aromatic rings. The zero-order chi connectivity index (χ0) is 9.73. The number of hydrogen-bond acceptors (Lipinski definition) is 2. The van der Waals surface area contributed by atoms with Crippen LogP contribution in [0.5, 0.6) is 0 Å². The summed E-state index contributed by atoms with van der Waals surface area (Å²) in [6, 6.07) is 0. The summed E-state index contributed by atoms with van der Waals surface area (Å²) < 4.78 is 0. The Hall–Kier alpha value is -0.570. The molecule has 1 rings (SSSR count). The van der Waals surface area contributed by atoms with Gasteiger partial charge in [0.25, 0.3) is 0 Å². The highest BCUT2D eigenvalue weighted by Gasteiger charge is 2.35. The van der Waals surface area contributed by atoms with Crippen LogP contribution in [-0.2, 0) is 4.79 Å². The van der Waals surface area contributed by atoms with Crippen LogP contribution in [0.2, 0.25) is 0 Å². The summed E-state index contributed by atoms with van der Waals surface area (Å²) in [4.78, 5) is 11.7. The molecule has 1 aliphatic heterocycles. The highest BCUT2D eigenvalue weighted by Crippen LogP contribution is 2.24. The number of unbranched alkanes of at least 4 members (excludes halogenated alkanes) is 1. The second kappa shape index (κ2) is 4.61. The number of carbonyl (C=O) groups is 1. The summed E-state index contributed by atoms with van der Waals surface area (Å²) >= 11 is 0. The number of amides is 1. The average molecular weight is 184 g/mol. The summed E-state index contributed by atoms with van der Waals surface area (Å²) in [5, 5.41) is 6.21. The molecule has 0 aliphatic carbocycles. The largest absolute Gasteiger partial charge is 0.356 e. The third-order valence-electron chi connectivity index (χ3n) is 2.73. The fraction of sp³-hybridized carbons (Fsp3) is 0.900. The number of nitrogens with one attached hydrogen (secondary N) is 2. The van der Waals surface area contributed by atoms with Crippen molar-refractivity contribution in [3.8, 4) is 0 Å². The molecule has 0 bridgehead atoms. The third kappa shape index (κ3) is 2.69. The molecule has 0 radical (unpaired) electrons. The zero-order valence-electron chi connectivity index (χ0n) is 8.65. The van der Waals surface area contributed by atoms with Gasteiger partial charge in [0.15, 0.2) is 0 Å². The molecule has 1 atom stereocenters. The van der Waals surface area contributed by atoms with E-state index < -0.39 is 0 Å². The van der Waals surface area contributed by atoms with Crippen LogP contribution >= 0.6 is 0 Å². The number of hydrogen-bond donors (Lipinski definition) is 2. The second-order valence-electron chi connectivity index (χ2n) is 4.10. The summed E-state index contributed by atoms with van der Waals surface area (Å²) in [6.45, 7) is 6.78. The summed E-state index contributed by atoms with van der Waals surface area (Å²) in [5.41, 5.74) is -0.159. The van der Waals surface area contributed by atoms with Gasteiger partial charge in [0, 0.05) is 13.1 Å². The summed E-state index contributed by atoms with van der Waals surface area (Å²) in [7, 11) is 0. The predicted molar refractivity (Wildman–Crippen MR) is 53.5 cm³/mol. The Morgan fingerprint density at radius 1 is 1.62 bits per heavy atom. The monoisotopic (exact) mass is 184 g/mol. The van der Waals surface area contributed by atoms with Crippen LogP contribution in [0.15, 0.2) is 0 Å². The number of carbonyl (C=O) groups excluding carboxylic acids is 1. The van der Waals surface area contributed by atoms with Gasteiger partial charge in [0.1, 0.15) is 0 Å². The van der Waals surface area contributed by atoms with Crippen molar-refractivity contribution in [1.82, 2.24) is 10.6 Å². The standard InChI is InChI=1S/C10H20N2O/c1-3-4-6-12-9(13)10(2)5-7-11-8-10/h11H,3-8H2,1-2H3,(H,12,13). The molecule has 3 heteroatoms. The van der Waals surface area contributed by atoms with Crippen molar-refractivity contribution in [3.05, 3.63) is 0 Å². The van der Waals surface area contributed by atoms with E-state index in [1.165, 1.54) is 0 Å². The van der Waals surface area contributed by atoms with Gasteiger partial charge in [0.05, 0.1) is 5.41 Å². The van der Waals surface area contributed by atoms with Gasteiger partial charge in [-0.15, -0.1) is 0 Å². The molecule has 1 amide bonds. The SMILES string of the molecule is CCCCNC(=O)C1(C)CCNC1. The minimum Gasteiger partial charge on any atom is -0.356 e. The van der Waals surface area contributed by atoms with E-state index in [9.17, 15) is 4.79 Å². The molecular weight excluding hydrogens is 164 g/mol. The smallest absolute Gasteiger partial charge is 0.227 e. The Morgan fingerprint density at radius 2 is 2.38 bits per heavy atom. The van der Waals surface area contributed by atoms with Crippen LogP contribution in [0.3, 0.4) is 0 Å². The average Bonchev–Trinajstić information content (AvgIpc) is 2.54. The Bertz CT molecular complexity index is 174. The molecule has 0 aromatic carbocycles. The van der Waals surface area contributed by atoms with Gasteiger partial charge in [-0.05, 0) is 26.3 Å². The van der Waals surface area contributed by atoms with Crippen molar-refractivity contribution in [2.24, 2.45) is 5.41 Å². The topological polar surface area (TPSA) is 41.1 Å². The molecule has 1 saturated heterocycles. The van der Waals surface area contributed by atoms with Crippen LogP contribution in [0.1, 0.15) is 33.1 Å². The molecule has 0 aromatic heterocycles. The van der Waals surface area contributed by atoms with Gasteiger partial charge in [-0.2, -0.15) is 0 Å². The Labute approximate surface area is 80.3 Å². The Morgan fingerprint density at radius 3 is 2.92 bits per heavy atom. The first-order valence-corrected chi connectivity index (χ1v) is 5.18. The van der Waals surface area contributed by atoms with E-state index in [1.807, 2.05) is 6.92 Å². The zero-order valence-corrected chi connectivity index (χ0v) is 8.65. The maximum Gasteiger partial charge on any atom is 0.227 e. The molecule has 1 aliphatic rings. The van der Waals surface area contributed by atoms with Crippen LogP contribution in [0.4, 0.5) is 0 Å². The fourth-order valence-corrected chi connectivity index (χ4v) is 1.60. The summed E-state index contributed by atoms with van der Waals surface area (Å²) in [5.74, 6) is 0.214. The van der Waals surface area contributed by atoms with E-state index in [-0.39, 0.29) is 11.3 Å². The lowest BCUT2D eigenvalue weighted by Crippen LogP contribution is -2.40. The summed E-state index contributed by atoms with van der Waals surface area (Å²) in [6.07, 6.45) is 3.18. The van der Waals surface area contributed by atoms with Crippen molar-refractivity contribution in [3.63, 3.8) is 0 Å². The maximum atomic E-state index is 11.7. The van der Waals surface area contributed by atoms with Crippen molar-refractivity contribution >= 4 is 5.91 Å². The van der Waals surface area contributed by atoms with E-state index in [0.717, 1.165) is 38.9 Å². The van der Waals surface area contributed by atoms with Crippen LogP contribution in [-0.4, -0.2) is 25.5 Å². The minimum absolute atomic E-state index is 0.159. The minimum atomic E-state index is -0.159. The van der Waals surface area contributed by atoms with Crippen LogP contribution in [0, 0.1) is 5.41 Å². The van der Waals surface area contributed by atoms with Crippen LogP contribution < -0.4 is 10.6 Å². The van der Waals surface area contributed by atoms with Crippen molar-refractivity contribution in [1.29, 1.82) is 0 Å². The first kappa shape index (κ1) is 10.5. The lowest BCUT2D eigenvalue weighted by atomic mass is 9.89. The van der Waals surface area contributed by atoms with Gasteiger partial charge in [-0.1, -0.05) is 13.3 Å². The molecule has 2 N–H and O–H groups in total. The van der Waals surface area contributed by atoms with E-state index in [2.05, 4.69) is 17.6 Å². The molecule has 0 saturated carbocycles. The molecule has 1 unspecified atom stereocenters. The molecule has 3 nitrogen and oxygen atoms in total. The van der Waals surface area contributed by atoms with E-state index in [4.69, 9.17) is 0 Å². The van der Waals surface area contributed by atoms with Crippen molar-refractivity contribution in [2.45, 2.75) is 33.1 Å². The Kier molecular flexibility index (Phi) is 3.72. The first-order valence-electron chi connectivity index (χ1n) is 5.18. The third-order valence-corrected chi connectivity index (χ3v) is 2.73. The van der Waals surface area contributed by atoms with Gasteiger partial charge in [-0.3, -0.25) is 4.79 Å². The quantitative estimate of drug-likeness (QED) is 0.637. The molecule has 0 spiro atoms. The number of rotatable bonds is 4. The normalized spacial score (nSPS) is 27.5. The van der Waals surface area contributed by atoms with E-state index in [1.54, 1.807) is 0 Å². The van der Waals surface area contributed by atoms with Crippen LogP contribution in [0.25, 0.3) is 0 Å². The van der Waals surface area contributed by atoms with E-state index in [0.29, 0.717) is 0 Å². The Balaban J connectivity index is 2.29. The molecule has 1 heterocycles. The van der Waals surface area contributed by atoms with Gasteiger partial charge < -0.3 is 10.6 Å². The fourth-order valence-electron chi connectivity index (χ4n) is 1.60. The molecule has 76 valence electrons. The van der Waals surface area contributed by atoms with Crippen molar-refractivity contribution < 1.29 is 4.79 Å². The molecule has 1 fully saturated rings. The highest BCUT2D eigenvalue weighted by atomic mass is 16.2. The molecular formula is C10H20N2O. The van der Waals surface area contributed by atoms with Gasteiger partial charge in [0.2, 0.25) is 5.91 Å². The highest BCUT2D eigenvalue weighted by molar-refractivity contribution is 5.82. The van der Waals surface area contributed by atoms with E-state index >= 15 is 0 Å². The lowest BCUT2D eigenvalue weighted by Gasteiger charge is -2.21. The van der Waals surface area contributed by atoms with Crippen molar-refractivity contribution in [2.75, 3.05) is 19.6 Å². The second-order valence-corrected chi connectivity index (χ2v) is 4.10. The predicted octanol–water partition coefficient (Wildman–Crippen LogP) is 0.902. The molecule has 13 heavy (non-hydrogen) atoms. The maximum absolute atomic E-state index is 11.7.